The van der Waals surface area contributed by atoms with E-state index in [1.165, 1.54) is 38.5 Å². The Kier molecular flexibility index (Phi) is 2.38. The Morgan fingerprint density at radius 1 is 1.17 bits per heavy atom. The number of rotatable bonds is 1. The van der Waals surface area contributed by atoms with Crippen LogP contribution in [-0.4, -0.2) is 18.0 Å². The van der Waals surface area contributed by atoms with E-state index in [-0.39, 0.29) is 0 Å². The molecule has 0 bridgehead atoms. The average molecular weight is 165 g/mol. The molecule has 0 N–H and O–H groups in total. The number of nitrogens with zero attached hydrogens (tertiary/aromatic N) is 1. The molecule has 0 spiro atoms. The summed E-state index contributed by atoms with van der Waals surface area (Å²) < 4.78 is 0. The monoisotopic (exact) mass is 165 g/mol. The summed E-state index contributed by atoms with van der Waals surface area (Å²) >= 11 is 0. The van der Waals surface area contributed by atoms with Gasteiger partial charge in [0.2, 0.25) is 0 Å². The lowest BCUT2D eigenvalue weighted by atomic mass is 9.83. The minimum absolute atomic E-state index is 0.838. The van der Waals surface area contributed by atoms with Crippen LogP contribution in [0, 0.1) is 5.92 Å². The molecule has 1 unspecified atom stereocenters. The summed E-state index contributed by atoms with van der Waals surface area (Å²) in [5.74, 6) is 0.985. The summed E-state index contributed by atoms with van der Waals surface area (Å²) in [6.45, 7) is 0. The molecule has 68 valence electrons. The maximum absolute atomic E-state index is 2.41. The molecule has 12 heavy (non-hydrogen) atoms. The predicted octanol–water partition coefficient (Wildman–Crippen LogP) is 2.78. The molecule has 1 aliphatic heterocycles. The van der Waals surface area contributed by atoms with Gasteiger partial charge in [0.1, 0.15) is 0 Å². The van der Waals surface area contributed by atoms with Crippen molar-refractivity contribution in [3.63, 3.8) is 0 Å². The zero-order chi connectivity index (χ0) is 8.39. The van der Waals surface area contributed by atoms with Crippen molar-refractivity contribution in [2.24, 2.45) is 5.92 Å². The molecule has 1 heterocycles. The highest BCUT2D eigenvalue weighted by molar-refractivity contribution is 4.99. The summed E-state index contributed by atoms with van der Waals surface area (Å²) in [7, 11) is 2.22. The Balaban J connectivity index is 1.90. The molecule has 1 aliphatic carbocycles. The van der Waals surface area contributed by atoms with Gasteiger partial charge >= 0.3 is 0 Å². The molecule has 1 nitrogen and oxygen atoms in total. The van der Waals surface area contributed by atoms with Gasteiger partial charge in [0, 0.05) is 13.1 Å². The fourth-order valence-corrected chi connectivity index (χ4v) is 2.69. The van der Waals surface area contributed by atoms with Crippen molar-refractivity contribution >= 4 is 0 Å². The molecule has 0 aromatic heterocycles. The van der Waals surface area contributed by atoms with E-state index in [1.807, 2.05) is 0 Å². The van der Waals surface area contributed by atoms with Crippen molar-refractivity contribution in [3.05, 3.63) is 12.3 Å². The lowest BCUT2D eigenvalue weighted by Gasteiger charge is -2.32. The van der Waals surface area contributed by atoms with Crippen LogP contribution in [0.3, 0.4) is 0 Å². The van der Waals surface area contributed by atoms with Crippen molar-refractivity contribution in [1.29, 1.82) is 0 Å². The quantitative estimate of drug-likeness (QED) is 0.577. The normalized spacial score (nSPS) is 31.4. The van der Waals surface area contributed by atoms with Gasteiger partial charge in [0.25, 0.3) is 0 Å². The van der Waals surface area contributed by atoms with Crippen LogP contribution >= 0.6 is 0 Å². The van der Waals surface area contributed by atoms with Gasteiger partial charge in [0.05, 0.1) is 0 Å². The Bertz CT molecular complexity index is 168. The summed E-state index contributed by atoms with van der Waals surface area (Å²) in [6, 6.07) is 0.838. The lowest BCUT2D eigenvalue weighted by Crippen LogP contribution is -2.32. The molecular weight excluding hydrogens is 146 g/mol. The first-order valence-electron chi connectivity index (χ1n) is 5.26. The van der Waals surface area contributed by atoms with E-state index in [0.717, 1.165) is 12.0 Å². The molecule has 2 aliphatic rings. The van der Waals surface area contributed by atoms with Crippen LogP contribution in [0.2, 0.25) is 0 Å². The highest BCUT2D eigenvalue weighted by Gasteiger charge is 2.26. The van der Waals surface area contributed by atoms with E-state index in [0.29, 0.717) is 0 Å². The lowest BCUT2D eigenvalue weighted by molar-refractivity contribution is 0.203. The number of hydrogen-bond donors (Lipinski definition) is 0. The van der Waals surface area contributed by atoms with E-state index >= 15 is 0 Å². The van der Waals surface area contributed by atoms with Gasteiger partial charge in [-0.25, -0.2) is 0 Å². The topological polar surface area (TPSA) is 3.24 Å². The fraction of sp³-hybridized carbons (Fsp3) is 0.818. The van der Waals surface area contributed by atoms with Crippen LogP contribution in [0.25, 0.3) is 0 Å². The van der Waals surface area contributed by atoms with Crippen LogP contribution in [0.1, 0.15) is 38.5 Å². The first-order chi connectivity index (χ1) is 5.88. The highest BCUT2D eigenvalue weighted by Crippen LogP contribution is 2.32. The van der Waals surface area contributed by atoms with E-state index in [9.17, 15) is 0 Å². The maximum atomic E-state index is 2.41. The van der Waals surface area contributed by atoms with Gasteiger partial charge in [-0.2, -0.15) is 0 Å². The predicted molar refractivity (Wildman–Crippen MR) is 51.9 cm³/mol. The average Bonchev–Trinajstić information content (AvgIpc) is 2.53. The van der Waals surface area contributed by atoms with E-state index in [1.54, 1.807) is 0 Å². The molecule has 0 radical (unpaired) electrons. The molecule has 1 saturated carbocycles. The fourth-order valence-electron chi connectivity index (χ4n) is 2.69. The summed E-state index contributed by atoms with van der Waals surface area (Å²) in [4.78, 5) is 2.41. The minimum atomic E-state index is 0.838. The SMILES string of the molecule is CN1C=CCC1C1CCCCC1. The van der Waals surface area contributed by atoms with E-state index < -0.39 is 0 Å². The largest absolute Gasteiger partial charge is 0.377 e. The minimum Gasteiger partial charge on any atom is -0.377 e. The molecule has 0 aromatic rings. The van der Waals surface area contributed by atoms with Crippen LogP contribution in [-0.2, 0) is 0 Å². The van der Waals surface area contributed by atoms with E-state index in [2.05, 4.69) is 24.2 Å². The Morgan fingerprint density at radius 2 is 1.92 bits per heavy atom. The molecule has 2 rings (SSSR count). The summed E-state index contributed by atoms with van der Waals surface area (Å²) in [6.07, 6.45) is 13.2. The molecule has 0 aromatic carbocycles. The second-order valence-corrected chi connectivity index (χ2v) is 4.25. The zero-order valence-electron chi connectivity index (χ0n) is 8.00. The third kappa shape index (κ3) is 1.50. The van der Waals surface area contributed by atoms with E-state index in [4.69, 9.17) is 0 Å². The van der Waals surface area contributed by atoms with Gasteiger partial charge in [-0.1, -0.05) is 25.3 Å². The Hall–Kier alpha value is -0.460. The summed E-state index contributed by atoms with van der Waals surface area (Å²) in [5, 5.41) is 0. The van der Waals surface area contributed by atoms with Gasteiger partial charge in [-0.05, 0) is 31.4 Å². The third-order valence-electron chi connectivity index (χ3n) is 3.44. The van der Waals surface area contributed by atoms with Crippen LogP contribution in [0.4, 0.5) is 0 Å². The zero-order valence-corrected chi connectivity index (χ0v) is 8.00. The molecule has 0 amide bonds. The van der Waals surface area contributed by atoms with Crippen LogP contribution in [0.15, 0.2) is 12.3 Å². The number of hydrogen-bond acceptors (Lipinski definition) is 1. The highest BCUT2D eigenvalue weighted by atomic mass is 15.1. The molecule has 1 heteroatoms. The smallest absolute Gasteiger partial charge is 0.0344 e. The van der Waals surface area contributed by atoms with Crippen molar-refractivity contribution in [2.45, 2.75) is 44.6 Å². The molecular formula is C11H19N. The van der Waals surface area contributed by atoms with Crippen LogP contribution < -0.4 is 0 Å². The Morgan fingerprint density at radius 3 is 2.50 bits per heavy atom. The standard InChI is InChI=1S/C11H19N/c1-12-9-5-8-11(12)10-6-3-2-4-7-10/h5,9-11H,2-4,6-8H2,1H3. The van der Waals surface area contributed by atoms with Gasteiger partial charge in [-0.3, -0.25) is 0 Å². The second kappa shape index (κ2) is 3.51. The molecule has 1 atom stereocenters. The van der Waals surface area contributed by atoms with Crippen molar-refractivity contribution in [2.75, 3.05) is 7.05 Å². The van der Waals surface area contributed by atoms with Gasteiger partial charge in [-0.15, -0.1) is 0 Å². The van der Waals surface area contributed by atoms with Gasteiger partial charge in [0.15, 0.2) is 0 Å². The summed E-state index contributed by atoms with van der Waals surface area (Å²) in [5.41, 5.74) is 0. The van der Waals surface area contributed by atoms with Crippen molar-refractivity contribution < 1.29 is 0 Å². The molecule has 0 saturated heterocycles. The Labute approximate surface area is 75.4 Å². The maximum Gasteiger partial charge on any atom is 0.0344 e. The third-order valence-corrected chi connectivity index (χ3v) is 3.44. The second-order valence-electron chi connectivity index (χ2n) is 4.25. The first-order valence-corrected chi connectivity index (χ1v) is 5.26. The van der Waals surface area contributed by atoms with Crippen molar-refractivity contribution in [1.82, 2.24) is 4.90 Å². The van der Waals surface area contributed by atoms with Crippen LogP contribution in [0.5, 0.6) is 0 Å². The van der Waals surface area contributed by atoms with Crippen molar-refractivity contribution in [3.8, 4) is 0 Å². The first kappa shape index (κ1) is 8.15. The van der Waals surface area contributed by atoms with Gasteiger partial charge < -0.3 is 4.90 Å². The molecule has 1 fully saturated rings.